The third-order valence-corrected chi connectivity index (χ3v) is 3.44. The van der Waals surface area contributed by atoms with Crippen LogP contribution < -0.4 is 10.6 Å². The summed E-state index contributed by atoms with van der Waals surface area (Å²) in [5.41, 5.74) is 1.74. The largest absolute Gasteiger partial charge is 0.359 e. The third-order valence-electron chi connectivity index (χ3n) is 3.44. The molecule has 0 fully saturated rings. The fourth-order valence-electron chi connectivity index (χ4n) is 2.24. The van der Waals surface area contributed by atoms with E-state index in [0.29, 0.717) is 13.1 Å². The van der Waals surface area contributed by atoms with Crippen LogP contribution in [-0.4, -0.2) is 24.5 Å². The van der Waals surface area contributed by atoms with Crippen LogP contribution in [0.1, 0.15) is 19.4 Å². The smallest absolute Gasteiger partial charge is 0.226 e. The molecule has 0 unspecified atom stereocenters. The number of amides is 1. The van der Waals surface area contributed by atoms with Crippen LogP contribution in [0.15, 0.2) is 36.5 Å². The molecule has 1 aromatic carbocycles. The van der Waals surface area contributed by atoms with Gasteiger partial charge in [0.25, 0.3) is 0 Å². The van der Waals surface area contributed by atoms with Gasteiger partial charge in [-0.25, -0.2) is 0 Å². The molecule has 4 heteroatoms. The number of carbonyl (C=O) groups is 1. The van der Waals surface area contributed by atoms with Gasteiger partial charge in [-0.15, -0.1) is 0 Å². The molecule has 1 heterocycles. The summed E-state index contributed by atoms with van der Waals surface area (Å²) in [4.78, 5) is 16.2. The minimum absolute atomic E-state index is 0.0426. The van der Waals surface area contributed by atoms with Crippen LogP contribution in [0.25, 0.3) is 10.9 Å². The highest BCUT2D eigenvalue weighted by Gasteiger charge is 2.25. The first-order valence-electron chi connectivity index (χ1n) is 6.80. The summed E-state index contributed by atoms with van der Waals surface area (Å²) in [6, 6.07) is 10.1. The molecule has 2 aromatic rings. The van der Waals surface area contributed by atoms with E-state index < -0.39 is 5.41 Å². The lowest BCUT2D eigenvalue weighted by Gasteiger charge is -2.23. The first-order chi connectivity index (χ1) is 9.54. The van der Waals surface area contributed by atoms with Gasteiger partial charge in [0.2, 0.25) is 5.91 Å². The number of hydrogen-bond acceptors (Lipinski definition) is 3. The van der Waals surface area contributed by atoms with Crippen molar-refractivity contribution in [2.24, 2.45) is 5.41 Å². The van der Waals surface area contributed by atoms with Crippen LogP contribution in [0.2, 0.25) is 0 Å². The third kappa shape index (κ3) is 3.14. The first-order valence-corrected chi connectivity index (χ1v) is 6.80. The molecule has 0 aliphatic heterocycles. The minimum Gasteiger partial charge on any atom is -0.359 e. The quantitative estimate of drug-likeness (QED) is 0.875. The molecule has 0 radical (unpaired) electrons. The molecular formula is C16H21N3O. The predicted molar refractivity (Wildman–Crippen MR) is 81.3 cm³/mol. The molecule has 2 rings (SSSR count). The Morgan fingerprint density at radius 3 is 2.75 bits per heavy atom. The number of para-hydroxylation sites is 1. The van der Waals surface area contributed by atoms with Crippen LogP contribution in [0.5, 0.6) is 0 Å². The summed E-state index contributed by atoms with van der Waals surface area (Å²) in [6.45, 7) is 5.19. The lowest BCUT2D eigenvalue weighted by Crippen LogP contribution is -2.41. The highest BCUT2D eigenvalue weighted by Crippen LogP contribution is 2.17. The van der Waals surface area contributed by atoms with Gasteiger partial charge in [0, 0.05) is 31.7 Å². The van der Waals surface area contributed by atoms with E-state index >= 15 is 0 Å². The van der Waals surface area contributed by atoms with Gasteiger partial charge in [-0.3, -0.25) is 9.78 Å². The lowest BCUT2D eigenvalue weighted by atomic mass is 9.92. The molecule has 0 saturated heterocycles. The molecule has 0 spiro atoms. The zero-order valence-corrected chi connectivity index (χ0v) is 12.2. The standard InChI is InChI=1S/C16H21N3O/c1-16(2,15(20)17-3)11-18-10-13-7-4-6-12-8-5-9-19-14(12)13/h4-9,18H,10-11H2,1-3H3,(H,17,20). The van der Waals surface area contributed by atoms with Crippen molar-refractivity contribution in [3.8, 4) is 0 Å². The summed E-state index contributed by atoms with van der Waals surface area (Å²) in [5.74, 6) is 0.0426. The molecule has 0 atom stereocenters. The Bertz CT molecular complexity index is 602. The van der Waals surface area contributed by atoms with Crippen molar-refractivity contribution in [2.45, 2.75) is 20.4 Å². The van der Waals surface area contributed by atoms with Gasteiger partial charge < -0.3 is 10.6 Å². The van der Waals surface area contributed by atoms with Gasteiger partial charge in [-0.2, -0.15) is 0 Å². The number of carbonyl (C=O) groups excluding carboxylic acids is 1. The maximum atomic E-state index is 11.7. The van der Waals surface area contributed by atoms with Gasteiger partial charge >= 0.3 is 0 Å². The second-order valence-electron chi connectivity index (χ2n) is 5.56. The lowest BCUT2D eigenvalue weighted by molar-refractivity contribution is -0.128. The maximum Gasteiger partial charge on any atom is 0.226 e. The van der Waals surface area contributed by atoms with Crippen LogP contribution in [0.4, 0.5) is 0 Å². The number of pyridine rings is 1. The van der Waals surface area contributed by atoms with Crippen molar-refractivity contribution in [3.05, 3.63) is 42.1 Å². The van der Waals surface area contributed by atoms with Crippen LogP contribution in [0, 0.1) is 5.41 Å². The molecule has 4 nitrogen and oxygen atoms in total. The van der Waals surface area contributed by atoms with E-state index in [1.54, 1.807) is 13.2 Å². The Kier molecular flexibility index (Phi) is 4.35. The van der Waals surface area contributed by atoms with E-state index in [1.807, 2.05) is 26.0 Å². The van der Waals surface area contributed by atoms with Crippen LogP contribution >= 0.6 is 0 Å². The van der Waals surface area contributed by atoms with E-state index in [2.05, 4.69) is 33.8 Å². The first kappa shape index (κ1) is 14.5. The summed E-state index contributed by atoms with van der Waals surface area (Å²) >= 11 is 0. The van der Waals surface area contributed by atoms with E-state index in [0.717, 1.165) is 16.5 Å². The zero-order chi connectivity index (χ0) is 14.6. The van der Waals surface area contributed by atoms with E-state index in [9.17, 15) is 4.79 Å². The number of benzene rings is 1. The Morgan fingerprint density at radius 2 is 2.00 bits per heavy atom. The Hall–Kier alpha value is -1.94. The summed E-state index contributed by atoms with van der Waals surface area (Å²) in [6.07, 6.45) is 1.81. The van der Waals surface area contributed by atoms with Gasteiger partial charge in [0.05, 0.1) is 10.9 Å². The van der Waals surface area contributed by atoms with Crippen LogP contribution in [-0.2, 0) is 11.3 Å². The highest BCUT2D eigenvalue weighted by molar-refractivity contribution is 5.82. The van der Waals surface area contributed by atoms with Gasteiger partial charge in [0.15, 0.2) is 0 Å². The summed E-state index contributed by atoms with van der Waals surface area (Å²) < 4.78 is 0. The minimum atomic E-state index is -0.424. The second kappa shape index (κ2) is 6.01. The molecule has 0 saturated carbocycles. The topological polar surface area (TPSA) is 54.0 Å². The number of rotatable bonds is 5. The molecule has 20 heavy (non-hydrogen) atoms. The van der Waals surface area contributed by atoms with Crippen molar-refractivity contribution in [1.29, 1.82) is 0 Å². The number of fused-ring (bicyclic) bond motifs is 1. The molecule has 2 N–H and O–H groups in total. The molecule has 106 valence electrons. The second-order valence-corrected chi connectivity index (χ2v) is 5.56. The Balaban J connectivity index is 2.05. The van der Waals surface area contributed by atoms with Crippen molar-refractivity contribution >= 4 is 16.8 Å². The number of nitrogens with one attached hydrogen (secondary N) is 2. The summed E-state index contributed by atoms with van der Waals surface area (Å²) in [5, 5.41) is 7.18. The summed E-state index contributed by atoms with van der Waals surface area (Å²) in [7, 11) is 1.67. The molecule has 0 bridgehead atoms. The van der Waals surface area contributed by atoms with Crippen LogP contribution in [0.3, 0.4) is 0 Å². The molecule has 1 aromatic heterocycles. The number of hydrogen-bond donors (Lipinski definition) is 2. The fourth-order valence-corrected chi connectivity index (χ4v) is 2.24. The number of nitrogens with zero attached hydrogens (tertiary/aromatic N) is 1. The predicted octanol–water partition coefficient (Wildman–Crippen LogP) is 2.10. The Labute approximate surface area is 119 Å². The molecule has 0 aliphatic carbocycles. The van der Waals surface area contributed by atoms with E-state index in [-0.39, 0.29) is 5.91 Å². The normalized spacial score (nSPS) is 11.6. The Morgan fingerprint density at radius 1 is 1.25 bits per heavy atom. The average Bonchev–Trinajstić information content (AvgIpc) is 2.46. The van der Waals surface area contributed by atoms with Crippen molar-refractivity contribution < 1.29 is 4.79 Å². The highest BCUT2D eigenvalue weighted by atomic mass is 16.2. The maximum absolute atomic E-state index is 11.7. The average molecular weight is 271 g/mol. The van der Waals surface area contributed by atoms with Crippen molar-refractivity contribution in [2.75, 3.05) is 13.6 Å². The monoisotopic (exact) mass is 271 g/mol. The SMILES string of the molecule is CNC(=O)C(C)(C)CNCc1cccc2cccnc12. The number of aromatic nitrogens is 1. The van der Waals surface area contributed by atoms with Crippen molar-refractivity contribution in [1.82, 2.24) is 15.6 Å². The molecular weight excluding hydrogens is 250 g/mol. The van der Waals surface area contributed by atoms with Gasteiger partial charge in [-0.1, -0.05) is 24.3 Å². The van der Waals surface area contributed by atoms with Gasteiger partial charge in [0.1, 0.15) is 0 Å². The van der Waals surface area contributed by atoms with E-state index in [1.165, 1.54) is 0 Å². The van der Waals surface area contributed by atoms with Crippen molar-refractivity contribution in [3.63, 3.8) is 0 Å². The van der Waals surface area contributed by atoms with Gasteiger partial charge in [-0.05, 0) is 25.5 Å². The molecule has 0 aliphatic rings. The van der Waals surface area contributed by atoms with E-state index in [4.69, 9.17) is 0 Å². The fraction of sp³-hybridized carbons (Fsp3) is 0.375. The zero-order valence-electron chi connectivity index (χ0n) is 12.2. The molecule has 1 amide bonds.